The van der Waals surface area contributed by atoms with Gasteiger partial charge in [-0.05, 0) is 24.6 Å². The molecule has 2 aromatic rings. The van der Waals surface area contributed by atoms with Gasteiger partial charge in [-0.15, -0.1) is 0 Å². The summed E-state index contributed by atoms with van der Waals surface area (Å²) in [5, 5.41) is 13.0. The standard InChI is InChI=1S/C11H10N4/c1-8-2-3-9(5-12)11(4-8)15-7-10(13)6-14-15/h2-4,6-7H,13H2,1H3. The van der Waals surface area contributed by atoms with Crippen LogP contribution in [0.2, 0.25) is 0 Å². The van der Waals surface area contributed by atoms with Gasteiger partial charge in [-0.25, -0.2) is 4.68 Å². The summed E-state index contributed by atoms with van der Waals surface area (Å²) < 4.78 is 1.61. The molecule has 0 aliphatic carbocycles. The molecule has 1 aromatic heterocycles. The number of hydrogen-bond donors (Lipinski definition) is 1. The summed E-state index contributed by atoms with van der Waals surface area (Å²) in [4.78, 5) is 0. The third-order valence-electron chi connectivity index (χ3n) is 2.12. The van der Waals surface area contributed by atoms with Gasteiger partial charge < -0.3 is 5.73 Å². The van der Waals surface area contributed by atoms with E-state index < -0.39 is 0 Å². The molecule has 0 unspecified atom stereocenters. The van der Waals surface area contributed by atoms with Gasteiger partial charge in [0.05, 0.1) is 29.3 Å². The van der Waals surface area contributed by atoms with Crippen molar-refractivity contribution in [1.29, 1.82) is 5.26 Å². The average Bonchev–Trinajstić information content (AvgIpc) is 2.65. The second-order valence-electron chi connectivity index (χ2n) is 3.35. The molecule has 0 aliphatic heterocycles. The number of nitrogens with two attached hydrogens (primary N) is 1. The number of nitrogen functional groups attached to an aromatic ring is 1. The molecule has 74 valence electrons. The number of nitrogens with zero attached hydrogens (tertiary/aromatic N) is 3. The van der Waals surface area contributed by atoms with E-state index in [1.807, 2.05) is 19.1 Å². The first kappa shape index (κ1) is 9.28. The summed E-state index contributed by atoms with van der Waals surface area (Å²) in [7, 11) is 0. The Hall–Kier alpha value is -2.28. The van der Waals surface area contributed by atoms with Crippen LogP contribution in [0, 0.1) is 18.3 Å². The molecule has 2 rings (SSSR count). The summed E-state index contributed by atoms with van der Waals surface area (Å²) in [5.41, 5.74) is 8.59. The quantitative estimate of drug-likeness (QED) is 0.757. The first-order chi connectivity index (χ1) is 7.20. The van der Waals surface area contributed by atoms with E-state index in [0.29, 0.717) is 11.3 Å². The maximum absolute atomic E-state index is 8.96. The molecule has 0 bridgehead atoms. The third kappa shape index (κ3) is 1.67. The highest BCUT2D eigenvalue weighted by Crippen LogP contribution is 2.16. The summed E-state index contributed by atoms with van der Waals surface area (Å²) >= 11 is 0. The van der Waals surface area contributed by atoms with Gasteiger partial charge in [0, 0.05) is 0 Å². The Labute approximate surface area is 87.6 Å². The van der Waals surface area contributed by atoms with Crippen molar-refractivity contribution in [2.45, 2.75) is 6.92 Å². The van der Waals surface area contributed by atoms with Crippen molar-refractivity contribution in [2.75, 3.05) is 5.73 Å². The minimum atomic E-state index is 0.584. The molecular formula is C11H10N4. The second-order valence-corrected chi connectivity index (χ2v) is 3.35. The van der Waals surface area contributed by atoms with E-state index in [2.05, 4.69) is 11.2 Å². The summed E-state index contributed by atoms with van der Waals surface area (Å²) in [6, 6.07) is 7.71. The van der Waals surface area contributed by atoms with Gasteiger partial charge in [0.1, 0.15) is 6.07 Å². The number of aryl methyl sites for hydroxylation is 1. The Morgan fingerprint density at radius 1 is 1.47 bits per heavy atom. The Bertz CT molecular complexity index is 534. The Morgan fingerprint density at radius 3 is 2.87 bits per heavy atom. The number of anilines is 1. The highest BCUT2D eigenvalue weighted by atomic mass is 15.3. The molecule has 1 heterocycles. The smallest absolute Gasteiger partial charge is 0.101 e. The van der Waals surface area contributed by atoms with Crippen molar-refractivity contribution >= 4 is 5.69 Å². The van der Waals surface area contributed by atoms with Crippen molar-refractivity contribution in [2.24, 2.45) is 0 Å². The fraction of sp³-hybridized carbons (Fsp3) is 0.0909. The van der Waals surface area contributed by atoms with Crippen LogP contribution in [0.4, 0.5) is 5.69 Å². The van der Waals surface area contributed by atoms with Crippen LogP contribution >= 0.6 is 0 Å². The summed E-state index contributed by atoms with van der Waals surface area (Å²) in [6.45, 7) is 1.97. The van der Waals surface area contributed by atoms with Crippen LogP contribution in [0.3, 0.4) is 0 Å². The van der Waals surface area contributed by atoms with Gasteiger partial charge in [0.15, 0.2) is 0 Å². The Balaban J connectivity index is 2.61. The molecule has 0 aliphatic rings. The zero-order valence-corrected chi connectivity index (χ0v) is 8.31. The van der Waals surface area contributed by atoms with Crippen LogP contribution in [-0.2, 0) is 0 Å². The summed E-state index contributed by atoms with van der Waals surface area (Å²) in [5.74, 6) is 0. The topological polar surface area (TPSA) is 67.6 Å². The van der Waals surface area contributed by atoms with E-state index in [4.69, 9.17) is 11.0 Å². The lowest BCUT2D eigenvalue weighted by molar-refractivity contribution is 0.876. The van der Waals surface area contributed by atoms with Gasteiger partial charge in [0.2, 0.25) is 0 Å². The maximum Gasteiger partial charge on any atom is 0.101 e. The van der Waals surface area contributed by atoms with Crippen molar-refractivity contribution in [3.8, 4) is 11.8 Å². The zero-order chi connectivity index (χ0) is 10.8. The van der Waals surface area contributed by atoms with Crippen molar-refractivity contribution < 1.29 is 0 Å². The lowest BCUT2D eigenvalue weighted by Crippen LogP contribution is -1.98. The normalized spacial score (nSPS) is 9.87. The highest BCUT2D eigenvalue weighted by molar-refractivity contribution is 5.51. The monoisotopic (exact) mass is 198 g/mol. The molecule has 0 saturated heterocycles. The highest BCUT2D eigenvalue weighted by Gasteiger charge is 2.05. The van der Waals surface area contributed by atoms with E-state index in [-0.39, 0.29) is 0 Å². The molecule has 1 aromatic carbocycles. The maximum atomic E-state index is 8.96. The second kappa shape index (κ2) is 3.46. The molecule has 15 heavy (non-hydrogen) atoms. The largest absolute Gasteiger partial charge is 0.396 e. The van der Waals surface area contributed by atoms with Crippen molar-refractivity contribution in [1.82, 2.24) is 9.78 Å². The SMILES string of the molecule is Cc1ccc(C#N)c(-n2cc(N)cn2)c1. The molecule has 2 N–H and O–H groups in total. The van der Waals surface area contributed by atoms with Gasteiger partial charge in [-0.1, -0.05) is 6.07 Å². The molecule has 0 amide bonds. The van der Waals surface area contributed by atoms with E-state index in [1.54, 1.807) is 23.1 Å². The third-order valence-corrected chi connectivity index (χ3v) is 2.12. The first-order valence-electron chi connectivity index (χ1n) is 4.52. The number of aromatic nitrogens is 2. The van der Waals surface area contributed by atoms with Crippen LogP contribution < -0.4 is 5.73 Å². The molecule has 0 radical (unpaired) electrons. The van der Waals surface area contributed by atoms with Gasteiger partial charge >= 0.3 is 0 Å². The number of nitriles is 1. The van der Waals surface area contributed by atoms with E-state index in [9.17, 15) is 0 Å². The predicted octanol–water partition coefficient (Wildman–Crippen LogP) is 1.63. The predicted molar refractivity (Wildman–Crippen MR) is 57.4 cm³/mol. The Kier molecular flexibility index (Phi) is 2.14. The van der Waals surface area contributed by atoms with Crippen LogP contribution in [0.1, 0.15) is 11.1 Å². The fourth-order valence-electron chi connectivity index (χ4n) is 1.39. The van der Waals surface area contributed by atoms with Gasteiger partial charge in [-0.3, -0.25) is 0 Å². The average molecular weight is 198 g/mol. The number of rotatable bonds is 1. The Morgan fingerprint density at radius 2 is 2.27 bits per heavy atom. The molecule has 4 heteroatoms. The van der Waals surface area contributed by atoms with Crippen LogP contribution in [0.15, 0.2) is 30.6 Å². The molecule has 0 spiro atoms. The zero-order valence-electron chi connectivity index (χ0n) is 8.31. The van der Waals surface area contributed by atoms with Crippen molar-refractivity contribution in [3.05, 3.63) is 41.7 Å². The molecule has 0 fully saturated rings. The summed E-state index contributed by atoms with van der Waals surface area (Å²) in [6.07, 6.45) is 3.25. The van der Waals surface area contributed by atoms with Crippen LogP contribution in [0.5, 0.6) is 0 Å². The van der Waals surface area contributed by atoms with Crippen molar-refractivity contribution in [3.63, 3.8) is 0 Å². The minimum absolute atomic E-state index is 0.584. The fourth-order valence-corrected chi connectivity index (χ4v) is 1.39. The first-order valence-corrected chi connectivity index (χ1v) is 4.52. The van der Waals surface area contributed by atoms with E-state index in [0.717, 1.165) is 11.3 Å². The molecule has 0 atom stereocenters. The molecular weight excluding hydrogens is 188 g/mol. The molecule has 4 nitrogen and oxygen atoms in total. The number of hydrogen-bond acceptors (Lipinski definition) is 3. The van der Waals surface area contributed by atoms with Gasteiger partial charge in [0.25, 0.3) is 0 Å². The van der Waals surface area contributed by atoms with Crippen LogP contribution in [0.25, 0.3) is 5.69 Å². The van der Waals surface area contributed by atoms with Gasteiger partial charge in [-0.2, -0.15) is 10.4 Å². The van der Waals surface area contributed by atoms with E-state index >= 15 is 0 Å². The van der Waals surface area contributed by atoms with Crippen LogP contribution in [-0.4, -0.2) is 9.78 Å². The minimum Gasteiger partial charge on any atom is -0.396 e. The molecule has 0 saturated carbocycles. The lowest BCUT2D eigenvalue weighted by Gasteiger charge is -2.04. The lowest BCUT2D eigenvalue weighted by atomic mass is 10.1. The van der Waals surface area contributed by atoms with E-state index in [1.165, 1.54) is 0 Å². The number of benzene rings is 1.